The third kappa shape index (κ3) is 20.0. The number of rotatable bonds is 16. The molecule has 0 saturated heterocycles. The van der Waals surface area contributed by atoms with E-state index < -0.39 is 0 Å². The standard InChI is InChI=1S/C20H37Br/c1-2-3-4-5-6-7-8-9-10-11-12-13-14-15-16-17-18-19-20-21/h5-8H,2-4,9-20H2,1H3/b6-5-,8-7-. The molecule has 0 N–H and O–H groups in total. The average molecular weight is 357 g/mol. The van der Waals surface area contributed by atoms with Gasteiger partial charge in [-0.2, -0.15) is 0 Å². The van der Waals surface area contributed by atoms with Crippen LogP contribution >= 0.6 is 15.9 Å². The number of halogens is 1. The summed E-state index contributed by atoms with van der Waals surface area (Å²) in [6.07, 6.45) is 28.3. The molecule has 0 heterocycles. The second kappa shape index (κ2) is 20.0. The molecule has 0 bridgehead atoms. The molecule has 0 amide bonds. The number of unbranched alkanes of at least 4 members (excludes halogenated alkanes) is 12. The van der Waals surface area contributed by atoms with Gasteiger partial charge in [0.1, 0.15) is 0 Å². The van der Waals surface area contributed by atoms with Crippen LogP contribution in [0.1, 0.15) is 96.8 Å². The van der Waals surface area contributed by atoms with E-state index in [1.54, 1.807) is 0 Å². The maximum Gasteiger partial charge on any atom is 0.00313 e. The van der Waals surface area contributed by atoms with E-state index in [-0.39, 0.29) is 0 Å². The first-order valence-electron chi connectivity index (χ1n) is 9.29. The lowest BCUT2D eigenvalue weighted by Crippen LogP contribution is -1.82. The van der Waals surface area contributed by atoms with E-state index in [1.165, 1.54) is 95.2 Å². The SMILES string of the molecule is CCCC/C=C\C=C/CCCCCCCCCCCCBr. The minimum atomic E-state index is 1.18. The van der Waals surface area contributed by atoms with Crippen molar-refractivity contribution in [2.75, 3.05) is 5.33 Å². The van der Waals surface area contributed by atoms with E-state index >= 15 is 0 Å². The summed E-state index contributed by atoms with van der Waals surface area (Å²) in [6, 6.07) is 0. The zero-order valence-corrected chi connectivity index (χ0v) is 15.9. The van der Waals surface area contributed by atoms with Crippen molar-refractivity contribution < 1.29 is 0 Å². The summed E-state index contributed by atoms with van der Waals surface area (Å²) < 4.78 is 0. The minimum Gasteiger partial charge on any atom is -0.0928 e. The Morgan fingerprint density at radius 2 is 1.00 bits per heavy atom. The van der Waals surface area contributed by atoms with Gasteiger partial charge in [-0.3, -0.25) is 0 Å². The molecule has 0 aliphatic carbocycles. The van der Waals surface area contributed by atoms with Crippen LogP contribution < -0.4 is 0 Å². The van der Waals surface area contributed by atoms with E-state index in [2.05, 4.69) is 47.2 Å². The largest absolute Gasteiger partial charge is 0.0928 e. The first-order chi connectivity index (χ1) is 10.4. The van der Waals surface area contributed by atoms with Gasteiger partial charge < -0.3 is 0 Å². The molecule has 124 valence electrons. The van der Waals surface area contributed by atoms with Gasteiger partial charge in [0.2, 0.25) is 0 Å². The highest BCUT2D eigenvalue weighted by molar-refractivity contribution is 9.09. The van der Waals surface area contributed by atoms with Gasteiger partial charge in [0.05, 0.1) is 0 Å². The molecule has 0 aliphatic heterocycles. The average Bonchev–Trinajstić information content (AvgIpc) is 2.50. The van der Waals surface area contributed by atoms with Crippen molar-refractivity contribution in [3.05, 3.63) is 24.3 Å². The van der Waals surface area contributed by atoms with Crippen molar-refractivity contribution in [2.45, 2.75) is 96.8 Å². The van der Waals surface area contributed by atoms with Gasteiger partial charge in [-0.25, -0.2) is 0 Å². The Balaban J connectivity index is 3.08. The lowest BCUT2D eigenvalue weighted by atomic mass is 10.1. The molecule has 0 fully saturated rings. The molecule has 0 saturated carbocycles. The fraction of sp³-hybridized carbons (Fsp3) is 0.800. The summed E-state index contributed by atoms with van der Waals surface area (Å²) in [5, 5.41) is 1.18. The molecule has 21 heavy (non-hydrogen) atoms. The fourth-order valence-corrected chi connectivity index (χ4v) is 2.84. The lowest BCUT2D eigenvalue weighted by Gasteiger charge is -2.01. The summed E-state index contributed by atoms with van der Waals surface area (Å²) >= 11 is 3.49. The molecule has 0 atom stereocenters. The second-order valence-electron chi connectivity index (χ2n) is 6.01. The van der Waals surface area contributed by atoms with E-state index in [1.807, 2.05) is 0 Å². The van der Waals surface area contributed by atoms with Crippen LogP contribution in [0.3, 0.4) is 0 Å². The van der Waals surface area contributed by atoms with Gasteiger partial charge in [-0.05, 0) is 25.7 Å². The Morgan fingerprint density at radius 1 is 0.571 bits per heavy atom. The van der Waals surface area contributed by atoms with Crippen LogP contribution in [0.15, 0.2) is 24.3 Å². The summed E-state index contributed by atoms with van der Waals surface area (Å²) in [6.45, 7) is 2.24. The third-order valence-electron chi connectivity index (χ3n) is 3.86. The zero-order valence-electron chi connectivity index (χ0n) is 14.3. The zero-order chi connectivity index (χ0) is 15.4. The molecule has 0 nitrogen and oxygen atoms in total. The molecule has 1 heteroatoms. The lowest BCUT2D eigenvalue weighted by molar-refractivity contribution is 0.558. The second-order valence-corrected chi connectivity index (χ2v) is 6.80. The van der Waals surface area contributed by atoms with Gasteiger partial charge in [-0.1, -0.05) is 111 Å². The van der Waals surface area contributed by atoms with Gasteiger partial charge in [-0.15, -0.1) is 0 Å². The van der Waals surface area contributed by atoms with E-state index in [9.17, 15) is 0 Å². The van der Waals surface area contributed by atoms with Crippen molar-refractivity contribution >= 4 is 15.9 Å². The summed E-state index contributed by atoms with van der Waals surface area (Å²) in [5.41, 5.74) is 0. The van der Waals surface area contributed by atoms with Crippen molar-refractivity contribution in [3.8, 4) is 0 Å². The van der Waals surface area contributed by atoms with Crippen LogP contribution in [0.2, 0.25) is 0 Å². The normalized spacial score (nSPS) is 11.9. The number of alkyl halides is 1. The van der Waals surface area contributed by atoms with Gasteiger partial charge in [0, 0.05) is 5.33 Å². The van der Waals surface area contributed by atoms with Crippen molar-refractivity contribution in [3.63, 3.8) is 0 Å². The van der Waals surface area contributed by atoms with E-state index in [0.29, 0.717) is 0 Å². The Morgan fingerprint density at radius 3 is 1.48 bits per heavy atom. The molecule has 0 aromatic heterocycles. The smallest absolute Gasteiger partial charge is 0.00313 e. The molecule has 0 spiro atoms. The van der Waals surface area contributed by atoms with E-state index in [0.717, 1.165) is 0 Å². The molecule has 0 aliphatic rings. The predicted molar refractivity (Wildman–Crippen MR) is 102 cm³/mol. The maximum atomic E-state index is 3.49. The van der Waals surface area contributed by atoms with Gasteiger partial charge in [0.25, 0.3) is 0 Å². The fourth-order valence-electron chi connectivity index (χ4n) is 2.44. The first kappa shape index (κ1) is 21.0. The van der Waals surface area contributed by atoms with Crippen LogP contribution in [0, 0.1) is 0 Å². The predicted octanol–water partition coefficient (Wildman–Crippen LogP) is 7.98. The summed E-state index contributed by atoms with van der Waals surface area (Å²) in [7, 11) is 0. The van der Waals surface area contributed by atoms with Crippen LogP contribution in [-0.2, 0) is 0 Å². The topological polar surface area (TPSA) is 0 Å². The molecule has 0 radical (unpaired) electrons. The molecule has 0 rings (SSSR count). The van der Waals surface area contributed by atoms with E-state index in [4.69, 9.17) is 0 Å². The Labute approximate surface area is 142 Å². The van der Waals surface area contributed by atoms with Gasteiger partial charge in [0.15, 0.2) is 0 Å². The highest BCUT2D eigenvalue weighted by Gasteiger charge is 1.92. The Hall–Kier alpha value is -0.0400. The Kier molecular flexibility index (Phi) is 19.9. The van der Waals surface area contributed by atoms with Crippen LogP contribution in [-0.4, -0.2) is 5.33 Å². The third-order valence-corrected chi connectivity index (χ3v) is 4.42. The molecular formula is C20H37Br. The van der Waals surface area contributed by atoms with Gasteiger partial charge >= 0.3 is 0 Å². The highest BCUT2D eigenvalue weighted by atomic mass is 79.9. The molecule has 0 aromatic carbocycles. The number of hydrogen-bond donors (Lipinski definition) is 0. The summed E-state index contributed by atoms with van der Waals surface area (Å²) in [4.78, 5) is 0. The highest BCUT2D eigenvalue weighted by Crippen LogP contribution is 2.11. The monoisotopic (exact) mass is 356 g/mol. The molecular weight excluding hydrogens is 320 g/mol. The maximum absolute atomic E-state index is 3.49. The van der Waals surface area contributed by atoms with Crippen LogP contribution in [0.5, 0.6) is 0 Å². The van der Waals surface area contributed by atoms with Crippen molar-refractivity contribution in [1.29, 1.82) is 0 Å². The van der Waals surface area contributed by atoms with Crippen molar-refractivity contribution in [1.82, 2.24) is 0 Å². The number of hydrogen-bond acceptors (Lipinski definition) is 0. The van der Waals surface area contributed by atoms with Crippen molar-refractivity contribution in [2.24, 2.45) is 0 Å². The minimum absolute atomic E-state index is 1.18. The molecule has 0 unspecified atom stereocenters. The van der Waals surface area contributed by atoms with Crippen LogP contribution in [0.4, 0.5) is 0 Å². The number of allylic oxidation sites excluding steroid dienone is 4. The van der Waals surface area contributed by atoms with Crippen LogP contribution in [0.25, 0.3) is 0 Å². The summed E-state index contributed by atoms with van der Waals surface area (Å²) in [5.74, 6) is 0. The Bertz CT molecular complexity index is 230. The quantitative estimate of drug-likeness (QED) is 0.149. The molecule has 0 aromatic rings. The first-order valence-corrected chi connectivity index (χ1v) is 10.4.